The van der Waals surface area contributed by atoms with E-state index < -0.39 is 0 Å². The van der Waals surface area contributed by atoms with Crippen molar-refractivity contribution in [2.45, 2.75) is 40.5 Å². The monoisotopic (exact) mass is 354 g/mol. The lowest BCUT2D eigenvalue weighted by Crippen LogP contribution is -2.20. The third kappa shape index (κ3) is 4.00. The average Bonchev–Trinajstić information content (AvgIpc) is 2.61. The van der Waals surface area contributed by atoms with Crippen molar-refractivity contribution < 1.29 is 14.3 Å². The van der Waals surface area contributed by atoms with Crippen LogP contribution in [0.25, 0.3) is 0 Å². The molecule has 4 heteroatoms. The number of ether oxygens (including phenoxy) is 2. The Bertz CT molecular complexity index is 532. The van der Waals surface area contributed by atoms with Crippen LogP contribution >= 0.6 is 15.9 Å². The van der Waals surface area contributed by atoms with E-state index in [-0.39, 0.29) is 11.2 Å². The topological polar surface area (TPSA) is 35.5 Å². The van der Waals surface area contributed by atoms with Crippen molar-refractivity contribution in [2.24, 2.45) is 11.3 Å². The molecule has 0 bridgehead atoms. The van der Waals surface area contributed by atoms with Crippen molar-refractivity contribution in [1.29, 1.82) is 0 Å². The molecule has 0 aromatic heterocycles. The van der Waals surface area contributed by atoms with Crippen LogP contribution in [0.3, 0.4) is 0 Å². The van der Waals surface area contributed by atoms with Crippen LogP contribution in [0.5, 0.6) is 11.5 Å². The first-order valence-electron chi connectivity index (χ1n) is 7.41. The summed E-state index contributed by atoms with van der Waals surface area (Å²) in [5.74, 6) is 1.83. The first-order valence-corrected chi connectivity index (χ1v) is 8.20. The highest BCUT2D eigenvalue weighted by Crippen LogP contribution is 2.37. The molecule has 1 unspecified atom stereocenters. The van der Waals surface area contributed by atoms with Crippen molar-refractivity contribution in [3.8, 4) is 11.5 Å². The molecule has 116 valence electrons. The van der Waals surface area contributed by atoms with Gasteiger partial charge in [0.05, 0.1) is 13.2 Å². The van der Waals surface area contributed by atoms with Crippen molar-refractivity contribution in [3.05, 3.63) is 22.2 Å². The van der Waals surface area contributed by atoms with Gasteiger partial charge < -0.3 is 9.47 Å². The molecule has 1 aliphatic heterocycles. The molecule has 3 nitrogen and oxygen atoms in total. The van der Waals surface area contributed by atoms with Gasteiger partial charge in [-0.1, -0.05) is 27.7 Å². The summed E-state index contributed by atoms with van der Waals surface area (Å²) in [6.07, 6.45) is 1.39. The van der Waals surface area contributed by atoms with E-state index in [2.05, 4.69) is 43.6 Å². The summed E-state index contributed by atoms with van der Waals surface area (Å²) in [5, 5.41) is 0. The predicted octanol–water partition coefficient (Wildman–Crippen LogP) is 4.87. The maximum absolute atomic E-state index is 12.6. The molecule has 1 atom stereocenters. The molecule has 0 fully saturated rings. The smallest absolute Gasteiger partial charge is 0.164 e. The van der Waals surface area contributed by atoms with E-state index in [1.807, 2.05) is 12.1 Å². The zero-order valence-corrected chi connectivity index (χ0v) is 14.7. The fourth-order valence-corrected chi connectivity index (χ4v) is 2.64. The molecule has 0 radical (unpaired) electrons. The number of fused-ring (bicyclic) bond motifs is 1. The van der Waals surface area contributed by atoms with Gasteiger partial charge in [0.1, 0.15) is 0 Å². The van der Waals surface area contributed by atoms with Gasteiger partial charge in [0.2, 0.25) is 0 Å². The second kappa shape index (κ2) is 6.39. The lowest BCUT2D eigenvalue weighted by atomic mass is 9.78. The Morgan fingerprint density at radius 2 is 1.81 bits per heavy atom. The minimum absolute atomic E-state index is 0.118. The average molecular weight is 355 g/mol. The van der Waals surface area contributed by atoms with E-state index in [4.69, 9.17) is 9.47 Å². The second-order valence-corrected chi connectivity index (χ2v) is 7.58. The lowest BCUT2D eigenvalue weighted by Gasteiger charge is -2.26. The van der Waals surface area contributed by atoms with E-state index in [1.54, 1.807) is 0 Å². The SMILES string of the molecule is CC(CC(=O)c1cc2c(cc1Br)OCCCO2)C(C)(C)C. The van der Waals surface area contributed by atoms with Crippen LogP contribution in [0, 0.1) is 11.3 Å². The highest BCUT2D eigenvalue weighted by Gasteiger charge is 2.25. The van der Waals surface area contributed by atoms with Gasteiger partial charge in [-0.05, 0) is 39.4 Å². The fourth-order valence-electron chi connectivity index (χ4n) is 2.09. The number of hydrogen-bond acceptors (Lipinski definition) is 3. The van der Waals surface area contributed by atoms with Gasteiger partial charge in [-0.3, -0.25) is 4.79 Å². The Kier molecular flexibility index (Phi) is 4.97. The van der Waals surface area contributed by atoms with Crippen molar-refractivity contribution in [1.82, 2.24) is 0 Å². The van der Waals surface area contributed by atoms with Crippen molar-refractivity contribution in [2.75, 3.05) is 13.2 Å². The first kappa shape index (κ1) is 16.3. The molecule has 21 heavy (non-hydrogen) atoms. The number of benzene rings is 1. The van der Waals surface area contributed by atoms with Gasteiger partial charge in [0.25, 0.3) is 0 Å². The summed E-state index contributed by atoms with van der Waals surface area (Å²) < 4.78 is 12.1. The van der Waals surface area contributed by atoms with Crippen LogP contribution in [-0.4, -0.2) is 19.0 Å². The van der Waals surface area contributed by atoms with E-state index in [9.17, 15) is 4.79 Å². The highest BCUT2D eigenvalue weighted by molar-refractivity contribution is 9.10. The molecule has 1 heterocycles. The van der Waals surface area contributed by atoms with Gasteiger partial charge in [-0.15, -0.1) is 0 Å². The van der Waals surface area contributed by atoms with Gasteiger partial charge in [0, 0.05) is 22.9 Å². The summed E-state index contributed by atoms with van der Waals surface area (Å²) in [6.45, 7) is 9.87. The zero-order chi connectivity index (χ0) is 15.6. The van der Waals surface area contributed by atoms with Crippen LogP contribution < -0.4 is 9.47 Å². The van der Waals surface area contributed by atoms with Gasteiger partial charge >= 0.3 is 0 Å². The summed E-state index contributed by atoms with van der Waals surface area (Å²) in [4.78, 5) is 12.6. The van der Waals surface area contributed by atoms with E-state index in [0.29, 0.717) is 42.6 Å². The molecular weight excluding hydrogens is 332 g/mol. The molecule has 0 amide bonds. The van der Waals surface area contributed by atoms with Gasteiger partial charge in [0.15, 0.2) is 17.3 Å². The van der Waals surface area contributed by atoms with Gasteiger partial charge in [-0.2, -0.15) is 0 Å². The first-order chi connectivity index (χ1) is 9.79. The molecule has 2 rings (SSSR count). The third-order valence-electron chi connectivity index (χ3n) is 4.11. The number of Topliss-reactive ketones (excluding diaryl/α,β-unsaturated/α-hetero) is 1. The normalized spacial score (nSPS) is 16.2. The molecule has 0 N–H and O–H groups in total. The molecule has 0 saturated carbocycles. The molecule has 0 spiro atoms. The number of carbonyl (C=O) groups excluding carboxylic acids is 1. The summed E-state index contributed by atoms with van der Waals surface area (Å²) in [6, 6.07) is 3.65. The molecule has 0 aliphatic carbocycles. The zero-order valence-electron chi connectivity index (χ0n) is 13.2. The van der Waals surface area contributed by atoms with Crippen LogP contribution in [0.4, 0.5) is 0 Å². The number of ketones is 1. The Balaban J connectivity index is 2.23. The molecule has 1 aliphatic rings. The highest BCUT2D eigenvalue weighted by atomic mass is 79.9. The largest absolute Gasteiger partial charge is 0.490 e. The number of rotatable bonds is 3. The number of hydrogen-bond donors (Lipinski definition) is 0. The summed E-state index contributed by atoms with van der Waals surface area (Å²) >= 11 is 3.49. The summed E-state index contributed by atoms with van der Waals surface area (Å²) in [7, 11) is 0. The Morgan fingerprint density at radius 3 is 2.38 bits per heavy atom. The van der Waals surface area contributed by atoms with Crippen LogP contribution in [0.1, 0.15) is 50.9 Å². The molecule has 1 aromatic carbocycles. The number of halogens is 1. The standard InChI is InChI=1S/C17H23BrO3/c1-11(17(2,3)4)8-14(19)12-9-15-16(10-13(12)18)21-7-5-6-20-15/h9-11H,5-8H2,1-4H3. The fraction of sp³-hybridized carbons (Fsp3) is 0.588. The van der Waals surface area contributed by atoms with Crippen molar-refractivity contribution in [3.63, 3.8) is 0 Å². The maximum atomic E-state index is 12.6. The van der Waals surface area contributed by atoms with E-state index in [1.165, 1.54) is 0 Å². The van der Waals surface area contributed by atoms with E-state index >= 15 is 0 Å². The molecule has 0 saturated heterocycles. The molecular formula is C17H23BrO3. The minimum Gasteiger partial charge on any atom is -0.490 e. The maximum Gasteiger partial charge on any atom is 0.164 e. The summed E-state index contributed by atoms with van der Waals surface area (Å²) in [5.41, 5.74) is 0.795. The Labute approximate surface area is 135 Å². The second-order valence-electron chi connectivity index (χ2n) is 6.72. The Hall–Kier alpha value is -1.03. The lowest BCUT2D eigenvalue weighted by molar-refractivity contribution is 0.0926. The predicted molar refractivity (Wildman–Crippen MR) is 87.3 cm³/mol. The number of carbonyl (C=O) groups is 1. The third-order valence-corrected chi connectivity index (χ3v) is 4.76. The quantitative estimate of drug-likeness (QED) is 0.726. The van der Waals surface area contributed by atoms with Crippen molar-refractivity contribution >= 4 is 21.7 Å². The van der Waals surface area contributed by atoms with E-state index in [0.717, 1.165) is 10.9 Å². The van der Waals surface area contributed by atoms with Crippen LogP contribution in [-0.2, 0) is 0 Å². The van der Waals surface area contributed by atoms with Crippen LogP contribution in [0.15, 0.2) is 16.6 Å². The Morgan fingerprint density at radius 1 is 1.24 bits per heavy atom. The van der Waals surface area contributed by atoms with Gasteiger partial charge in [-0.25, -0.2) is 0 Å². The van der Waals surface area contributed by atoms with Crippen LogP contribution in [0.2, 0.25) is 0 Å². The molecule has 1 aromatic rings. The minimum atomic E-state index is 0.118.